The lowest BCUT2D eigenvalue weighted by atomic mass is 10.2. The quantitative estimate of drug-likeness (QED) is 0.431. The molecule has 0 aromatic heterocycles. The molecule has 0 aromatic carbocycles. The lowest BCUT2D eigenvalue weighted by Gasteiger charge is -1.96. The van der Waals surface area contributed by atoms with Crippen LogP contribution in [-0.2, 0) is 0 Å². The summed E-state index contributed by atoms with van der Waals surface area (Å²) in [5.41, 5.74) is 0. The Balaban J connectivity index is 2.62. The summed E-state index contributed by atoms with van der Waals surface area (Å²) in [7, 11) is 0. The number of thiocarbonyl (C=S) groups is 1. The van der Waals surface area contributed by atoms with Gasteiger partial charge in [0.15, 0.2) is 0 Å². The predicted octanol–water partition coefficient (Wildman–Crippen LogP) is 1.99. The van der Waals surface area contributed by atoms with Crippen molar-refractivity contribution in [1.82, 2.24) is 0 Å². The Kier molecular flexibility index (Phi) is 1.86. The standard InChI is InChI=1S/C6H6S2/c7-6(8)5-3-1-2-4-5/h1-5H,(H,7,8). The van der Waals surface area contributed by atoms with Gasteiger partial charge in [0.05, 0.1) is 4.20 Å². The number of allylic oxidation sites excluding steroid dienone is 4. The molecule has 0 aliphatic heterocycles. The maximum Gasteiger partial charge on any atom is 0.0555 e. The van der Waals surface area contributed by atoms with Crippen molar-refractivity contribution in [3.05, 3.63) is 24.3 Å². The summed E-state index contributed by atoms with van der Waals surface area (Å²) in [5.74, 6) is 0.299. The second-order valence-electron chi connectivity index (χ2n) is 1.63. The molecule has 1 rings (SSSR count). The van der Waals surface area contributed by atoms with E-state index in [2.05, 4.69) is 12.6 Å². The fraction of sp³-hybridized carbons (Fsp3) is 0.167. The van der Waals surface area contributed by atoms with Crippen LogP contribution in [0.1, 0.15) is 0 Å². The minimum absolute atomic E-state index is 0.299. The largest absolute Gasteiger partial charge is 0.135 e. The fourth-order valence-corrected chi connectivity index (χ4v) is 0.926. The van der Waals surface area contributed by atoms with Crippen molar-refractivity contribution in [2.75, 3.05) is 0 Å². The highest BCUT2D eigenvalue weighted by Gasteiger charge is 2.04. The van der Waals surface area contributed by atoms with Gasteiger partial charge in [0.2, 0.25) is 0 Å². The van der Waals surface area contributed by atoms with Crippen LogP contribution in [0.15, 0.2) is 24.3 Å². The van der Waals surface area contributed by atoms with Crippen LogP contribution in [0, 0.1) is 5.92 Å². The summed E-state index contributed by atoms with van der Waals surface area (Å²) >= 11 is 8.84. The van der Waals surface area contributed by atoms with Crippen molar-refractivity contribution < 1.29 is 0 Å². The van der Waals surface area contributed by atoms with E-state index in [9.17, 15) is 0 Å². The van der Waals surface area contributed by atoms with E-state index in [1.807, 2.05) is 24.3 Å². The topological polar surface area (TPSA) is 0 Å². The fourth-order valence-electron chi connectivity index (χ4n) is 0.596. The monoisotopic (exact) mass is 142 g/mol. The van der Waals surface area contributed by atoms with E-state index in [0.29, 0.717) is 5.92 Å². The van der Waals surface area contributed by atoms with Gasteiger partial charge in [-0.25, -0.2) is 0 Å². The zero-order chi connectivity index (χ0) is 5.98. The van der Waals surface area contributed by atoms with Gasteiger partial charge in [-0.15, -0.1) is 12.6 Å². The first-order valence-corrected chi connectivity index (χ1v) is 3.24. The molecule has 1 aliphatic rings. The normalized spacial score (nSPS) is 17.6. The molecule has 0 nitrogen and oxygen atoms in total. The molecule has 0 saturated carbocycles. The smallest absolute Gasteiger partial charge is 0.0555 e. The van der Waals surface area contributed by atoms with Gasteiger partial charge in [-0.3, -0.25) is 0 Å². The van der Waals surface area contributed by atoms with Crippen molar-refractivity contribution in [2.45, 2.75) is 0 Å². The molecule has 1 aliphatic carbocycles. The van der Waals surface area contributed by atoms with Crippen LogP contribution in [0.3, 0.4) is 0 Å². The van der Waals surface area contributed by atoms with Crippen molar-refractivity contribution in [2.24, 2.45) is 5.92 Å². The molecule has 0 unspecified atom stereocenters. The third-order valence-electron chi connectivity index (χ3n) is 1.03. The van der Waals surface area contributed by atoms with Gasteiger partial charge in [0.1, 0.15) is 0 Å². The van der Waals surface area contributed by atoms with Crippen molar-refractivity contribution >= 4 is 29.0 Å². The molecule has 0 N–H and O–H groups in total. The van der Waals surface area contributed by atoms with E-state index >= 15 is 0 Å². The van der Waals surface area contributed by atoms with Gasteiger partial charge in [-0.1, -0.05) is 36.5 Å². The van der Waals surface area contributed by atoms with Gasteiger partial charge in [-0.2, -0.15) is 0 Å². The number of hydrogen-bond acceptors (Lipinski definition) is 1. The first-order valence-electron chi connectivity index (χ1n) is 2.38. The maximum absolute atomic E-state index is 4.82. The summed E-state index contributed by atoms with van der Waals surface area (Å²) in [6, 6.07) is 0. The lowest BCUT2D eigenvalue weighted by Crippen LogP contribution is -1.95. The van der Waals surface area contributed by atoms with E-state index in [-0.39, 0.29) is 0 Å². The summed E-state index contributed by atoms with van der Waals surface area (Å²) < 4.78 is 0.745. The summed E-state index contributed by atoms with van der Waals surface area (Å²) in [6.45, 7) is 0. The Labute approximate surface area is 59.7 Å². The van der Waals surface area contributed by atoms with E-state index in [1.165, 1.54) is 0 Å². The highest BCUT2D eigenvalue weighted by Crippen LogP contribution is 2.12. The molecule has 0 bridgehead atoms. The highest BCUT2D eigenvalue weighted by molar-refractivity contribution is 8.11. The Morgan fingerprint density at radius 3 is 2.12 bits per heavy atom. The van der Waals surface area contributed by atoms with Crippen LogP contribution in [0.25, 0.3) is 0 Å². The Hall–Kier alpha value is -0.0800. The number of thiol groups is 1. The molecule has 2 heteroatoms. The lowest BCUT2D eigenvalue weighted by molar-refractivity contribution is 1.22. The van der Waals surface area contributed by atoms with Gasteiger partial charge in [-0.05, 0) is 0 Å². The molecule has 0 fully saturated rings. The van der Waals surface area contributed by atoms with Gasteiger partial charge < -0.3 is 0 Å². The third kappa shape index (κ3) is 1.20. The number of hydrogen-bond donors (Lipinski definition) is 1. The molecular weight excluding hydrogens is 136 g/mol. The van der Waals surface area contributed by atoms with Crippen LogP contribution in [0.2, 0.25) is 0 Å². The highest BCUT2D eigenvalue weighted by atomic mass is 32.1. The van der Waals surface area contributed by atoms with Crippen LogP contribution in [0.5, 0.6) is 0 Å². The molecular formula is C6H6S2. The molecule has 0 amide bonds. The average molecular weight is 142 g/mol. The zero-order valence-corrected chi connectivity index (χ0v) is 5.95. The average Bonchev–Trinajstić information content (AvgIpc) is 2.12. The molecule has 0 spiro atoms. The molecule has 42 valence electrons. The Bertz CT molecular complexity index is 144. The molecule has 0 radical (unpaired) electrons. The van der Waals surface area contributed by atoms with Gasteiger partial charge >= 0.3 is 0 Å². The minimum Gasteiger partial charge on any atom is -0.135 e. The Morgan fingerprint density at radius 2 is 1.88 bits per heavy atom. The second kappa shape index (κ2) is 2.46. The molecule has 0 atom stereocenters. The SMILES string of the molecule is S=C(S)C1C=CC=C1. The van der Waals surface area contributed by atoms with E-state index < -0.39 is 0 Å². The molecule has 0 aromatic rings. The van der Waals surface area contributed by atoms with E-state index in [1.54, 1.807) is 0 Å². The van der Waals surface area contributed by atoms with Crippen LogP contribution in [0.4, 0.5) is 0 Å². The van der Waals surface area contributed by atoms with Crippen molar-refractivity contribution in [1.29, 1.82) is 0 Å². The van der Waals surface area contributed by atoms with Crippen LogP contribution < -0.4 is 0 Å². The van der Waals surface area contributed by atoms with Gasteiger partial charge in [0.25, 0.3) is 0 Å². The summed E-state index contributed by atoms with van der Waals surface area (Å²) in [4.78, 5) is 0. The van der Waals surface area contributed by atoms with Crippen LogP contribution in [-0.4, -0.2) is 4.20 Å². The summed E-state index contributed by atoms with van der Waals surface area (Å²) in [6.07, 6.45) is 8.01. The molecule has 0 saturated heterocycles. The summed E-state index contributed by atoms with van der Waals surface area (Å²) in [5, 5.41) is 0. The van der Waals surface area contributed by atoms with Crippen molar-refractivity contribution in [3.8, 4) is 0 Å². The molecule has 8 heavy (non-hydrogen) atoms. The maximum atomic E-state index is 4.82. The van der Waals surface area contributed by atoms with Gasteiger partial charge in [0, 0.05) is 5.92 Å². The zero-order valence-electron chi connectivity index (χ0n) is 4.24. The minimum atomic E-state index is 0.299. The first-order chi connectivity index (χ1) is 3.80. The first kappa shape index (κ1) is 6.05. The van der Waals surface area contributed by atoms with E-state index in [0.717, 1.165) is 4.20 Å². The predicted molar refractivity (Wildman–Crippen MR) is 43.4 cm³/mol. The van der Waals surface area contributed by atoms with E-state index in [4.69, 9.17) is 12.2 Å². The number of rotatable bonds is 1. The van der Waals surface area contributed by atoms with Crippen molar-refractivity contribution in [3.63, 3.8) is 0 Å². The molecule has 0 heterocycles. The van der Waals surface area contributed by atoms with Crippen LogP contribution >= 0.6 is 24.8 Å². The third-order valence-corrected chi connectivity index (χ3v) is 1.60. The second-order valence-corrected chi connectivity index (χ2v) is 2.86. The Morgan fingerprint density at radius 1 is 1.38 bits per heavy atom.